The van der Waals surface area contributed by atoms with Crippen molar-refractivity contribution in [2.24, 2.45) is 5.73 Å². The van der Waals surface area contributed by atoms with Gasteiger partial charge in [-0.3, -0.25) is 14.4 Å². The molecule has 0 unspecified atom stereocenters. The SMILES string of the molecule is CC(C)OCCCN1C(=O)c2oc3ccc(Cl)cc3c(=O)c2[C@@H]1c1ccc(OCC(N)=O)cc1. The van der Waals surface area contributed by atoms with E-state index in [1.165, 1.54) is 0 Å². The summed E-state index contributed by atoms with van der Waals surface area (Å²) in [5.41, 5.74) is 6.12. The predicted molar refractivity (Wildman–Crippen MR) is 127 cm³/mol. The fraction of sp³-hybridized carbons (Fsp3) is 0.320. The van der Waals surface area contributed by atoms with Crippen LogP contribution in [0.3, 0.4) is 0 Å². The fourth-order valence-electron chi connectivity index (χ4n) is 4.02. The smallest absolute Gasteiger partial charge is 0.290 e. The van der Waals surface area contributed by atoms with Crippen LogP contribution in [0.5, 0.6) is 5.75 Å². The Balaban J connectivity index is 1.75. The molecule has 0 spiro atoms. The van der Waals surface area contributed by atoms with Gasteiger partial charge in [0.1, 0.15) is 11.3 Å². The van der Waals surface area contributed by atoms with Crippen molar-refractivity contribution in [2.75, 3.05) is 19.8 Å². The van der Waals surface area contributed by atoms with E-state index in [1.807, 2.05) is 13.8 Å². The first-order chi connectivity index (χ1) is 16.3. The number of halogens is 1. The van der Waals surface area contributed by atoms with Crippen molar-refractivity contribution in [2.45, 2.75) is 32.4 Å². The van der Waals surface area contributed by atoms with Gasteiger partial charge in [0.2, 0.25) is 5.76 Å². The number of primary amides is 1. The minimum Gasteiger partial charge on any atom is -0.484 e. The second kappa shape index (κ2) is 9.87. The van der Waals surface area contributed by atoms with Gasteiger partial charge in [-0.05, 0) is 56.2 Å². The summed E-state index contributed by atoms with van der Waals surface area (Å²) < 4.78 is 16.9. The molecular formula is C25H25ClN2O6. The second-order valence-electron chi connectivity index (χ2n) is 8.31. The van der Waals surface area contributed by atoms with Crippen molar-refractivity contribution in [3.8, 4) is 5.75 Å². The molecule has 34 heavy (non-hydrogen) atoms. The molecule has 3 aromatic rings. The number of amides is 2. The van der Waals surface area contributed by atoms with Gasteiger partial charge < -0.3 is 24.5 Å². The van der Waals surface area contributed by atoms with Gasteiger partial charge in [0, 0.05) is 18.2 Å². The van der Waals surface area contributed by atoms with Gasteiger partial charge in [-0.15, -0.1) is 0 Å². The third kappa shape index (κ3) is 4.78. The van der Waals surface area contributed by atoms with E-state index in [9.17, 15) is 14.4 Å². The minimum atomic E-state index is -0.647. The molecule has 2 heterocycles. The van der Waals surface area contributed by atoms with Gasteiger partial charge in [0.05, 0.1) is 23.1 Å². The second-order valence-corrected chi connectivity index (χ2v) is 8.75. The summed E-state index contributed by atoms with van der Waals surface area (Å²) in [7, 11) is 0. The van der Waals surface area contributed by atoms with Crippen molar-refractivity contribution in [1.82, 2.24) is 4.90 Å². The lowest BCUT2D eigenvalue weighted by atomic mass is 9.98. The fourth-order valence-corrected chi connectivity index (χ4v) is 4.20. The molecule has 1 aromatic heterocycles. The molecule has 0 saturated carbocycles. The van der Waals surface area contributed by atoms with Gasteiger partial charge in [-0.2, -0.15) is 0 Å². The topological polar surface area (TPSA) is 112 Å². The molecule has 4 rings (SSSR count). The Bertz CT molecular complexity index is 1290. The summed E-state index contributed by atoms with van der Waals surface area (Å²) in [6.07, 6.45) is 0.668. The van der Waals surface area contributed by atoms with Crippen LogP contribution in [0.2, 0.25) is 5.02 Å². The number of fused-ring (bicyclic) bond motifs is 2. The molecule has 0 aliphatic carbocycles. The molecule has 2 N–H and O–H groups in total. The van der Waals surface area contributed by atoms with Crippen LogP contribution in [0.15, 0.2) is 51.7 Å². The molecule has 2 amide bonds. The molecule has 178 valence electrons. The van der Waals surface area contributed by atoms with Crippen LogP contribution in [0.4, 0.5) is 0 Å². The highest BCUT2D eigenvalue weighted by Crippen LogP contribution is 2.39. The summed E-state index contributed by atoms with van der Waals surface area (Å²) in [6, 6.07) is 10.9. The van der Waals surface area contributed by atoms with Crippen molar-refractivity contribution in [3.05, 3.63) is 74.6 Å². The van der Waals surface area contributed by atoms with Crippen LogP contribution >= 0.6 is 11.6 Å². The van der Waals surface area contributed by atoms with E-state index in [-0.39, 0.29) is 35.4 Å². The maximum atomic E-state index is 13.5. The van der Waals surface area contributed by atoms with Crippen LogP contribution in [-0.4, -0.2) is 42.6 Å². The number of nitrogens with zero attached hydrogens (tertiary/aromatic N) is 1. The zero-order valence-corrected chi connectivity index (χ0v) is 19.6. The largest absolute Gasteiger partial charge is 0.484 e. The summed E-state index contributed by atoms with van der Waals surface area (Å²) in [5, 5.41) is 0.717. The van der Waals surface area contributed by atoms with Crippen LogP contribution < -0.4 is 15.9 Å². The number of carbonyl (C=O) groups is 2. The molecular weight excluding hydrogens is 460 g/mol. The molecule has 9 heteroatoms. The third-order valence-electron chi connectivity index (χ3n) is 5.50. The monoisotopic (exact) mass is 484 g/mol. The van der Waals surface area contributed by atoms with Crippen LogP contribution in [-0.2, 0) is 9.53 Å². The van der Waals surface area contributed by atoms with Gasteiger partial charge in [0.25, 0.3) is 11.8 Å². The Kier molecular flexibility index (Phi) is 6.90. The van der Waals surface area contributed by atoms with Gasteiger partial charge >= 0.3 is 0 Å². The van der Waals surface area contributed by atoms with Crippen LogP contribution in [0.1, 0.15) is 48.0 Å². The summed E-state index contributed by atoms with van der Waals surface area (Å²) in [6.45, 7) is 4.49. The van der Waals surface area contributed by atoms with Crippen LogP contribution in [0.25, 0.3) is 11.0 Å². The highest BCUT2D eigenvalue weighted by atomic mass is 35.5. The molecule has 0 saturated heterocycles. The molecule has 0 fully saturated rings. The number of ether oxygens (including phenoxy) is 2. The lowest BCUT2D eigenvalue weighted by Gasteiger charge is -2.25. The molecule has 1 aliphatic rings. The van der Waals surface area contributed by atoms with E-state index >= 15 is 0 Å². The molecule has 1 aliphatic heterocycles. The third-order valence-corrected chi connectivity index (χ3v) is 5.73. The lowest BCUT2D eigenvalue weighted by molar-refractivity contribution is -0.119. The summed E-state index contributed by atoms with van der Waals surface area (Å²) >= 11 is 6.11. The zero-order valence-electron chi connectivity index (χ0n) is 18.9. The molecule has 0 bridgehead atoms. The zero-order chi connectivity index (χ0) is 24.4. The number of hydrogen-bond acceptors (Lipinski definition) is 6. The maximum absolute atomic E-state index is 13.5. The van der Waals surface area contributed by atoms with Crippen molar-refractivity contribution in [1.29, 1.82) is 0 Å². The number of rotatable bonds is 9. The van der Waals surface area contributed by atoms with E-state index in [4.69, 9.17) is 31.2 Å². The lowest BCUT2D eigenvalue weighted by Crippen LogP contribution is -2.31. The summed E-state index contributed by atoms with van der Waals surface area (Å²) in [5.74, 6) is -0.463. The van der Waals surface area contributed by atoms with Crippen molar-refractivity contribution >= 4 is 34.4 Å². The average molecular weight is 485 g/mol. The first-order valence-corrected chi connectivity index (χ1v) is 11.3. The Morgan fingerprint density at radius 1 is 1.18 bits per heavy atom. The Morgan fingerprint density at radius 2 is 1.91 bits per heavy atom. The highest BCUT2D eigenvalue weighted by Gasteiger charge is 2.42. The van der Waals surface area contributed by atoms with E-state index in [0.717, 1.165) is 0 Å². The van der Waals surface area contributed by atoms with E-state index in [1.54, 1.807) is 47.4 Å². The van der Waals surface area contributed by atoms with Crippen molar-refractivity contribution in [3.63, 3.8) is 0 Å². The van der Waals surface area contributed by atoms with Gasteiger partial charge in [-0.1, -0.05) is 23.7 Å². The normalized spacial score (nSPS) is 15.2. The van der Waals surface area contributed by atoms with Crippen molar-refractivity contribution < 1.29 is 23.5 Å². The van der Waals surface area contributed by atoms with Gasteiger partial charge in [0.15, 0.2) is 12.0 Å². The van der Waals surface area contributed by atoms with E-state index in [2.05, 4.69) is 0 Å². The number of hydrogen-bond donors (Lipinski definition) is 1. The molecule has 1 atom stereocenters. The van der Waals surface area contributed by atoms with Gasteiger partial charge in [-0.25, -0.2) is 0 Å². The quantitative estimate of drug-likeness (QED) is 0.464. The number of carbonyl (C=O) groups excluding carboxylic acids is 2. The highest BCUT2D eigenvalue weighted by molar-refractivity contribution is 6.31. The Labute approximate surface area is 201 Å². The number of benzene rings is 2. The average Bonchev–Trinajstić information content (AvgIpc) is 3.08. The van der Waals surface area contributed by atoms with E-state index in [0.29, 0.717) is 46.9 Å². The molecule has 8 nitrogen and oxygen atoms in total. The first-order valence-electron chi connectivity index (χ1n) is 11.0. The molecule has 0 radical (unpaired) electrons. The Morgan fingerprint density at radius 3 is 2.59 bits per heavy atom. The maximum Gasteiger partial charge on any atom is 0.290 e. The number of nitrogens with two attached hydrogens (primary N) is 1. The minimum absolute atomic E-state index is 0.0312. The molecule has 2 aromatic carbocycles. The van der Waals surface area contributed by atoms with Crippen LogP contribution in [0, 0.1) is 0 Å². The predicted octanol–water partition coefficient (Wildman–Crippen LogP) is 3.67. The Hall–Kier alpha value is -3.36. The first kappa shape index (κ1) is 23.8. The van der Waals surface area contributed by atoms with E-state index < -0.39 is 11.9 Å². The summed E-state index contributed by atoms with van der Waals surface area (Å²) in [4.78, 5) is 39.5. The standard InChI is InChI=1S/C25H25ClN2O6/c1-14(2)32-11-3-10-28-22(15-4-7-17(8-5-15)33-13-20(27)29)21-23(30)18-12-16(26)6-9-19(18)34-24(21)25(28)31/h4-9,12,14,22H,3,10-11,13H2,1-2H3,(H2,27,29)/t22-/m0/s1.